The van der Waals surface area contributed by atoms with Crippen LogP contribution in [0, 0.1) is 16.2 Å². The van der Waals surface area contributed by atoms with E-state index < -0.39 is 4.92 Å². The van der Waals surface area contributed by atoms with E-state index in [9.17, 15) is 10.1 Å². The fraction of sp³-hybridized carbons (Fsp3) is 0.250. The van der Waals surface area contributed by atoms with Gasteiger partial charge in [0.05, 0.1) is 17.6 Å². The Bertz CT molecular complexity index is 283. The van der Waals surface area contributed by atoms with Gasteiger partial charge in [0.25, 0.3) is 5.69 Å². The van der Waals surface area contributed by atoms with Crippen LogP contribution in [0.1, 0.15) is 0 Å². The van der Waals surface area contributed by atoms with E-state index in [2.05, 4.69) is 6.07 Å². The molecule has 0 atom stereocenters. The molecule has 0 spiro atoms. The Balaban J connectivity index is 2.64. The minimum Gasteiger partial charge on any atom is -0.491 e. The molecule has 0 aliphatic carbocycles. The molecule has 1 radical (unpaired) electrons. The van der Waals surface area contributed by atoms with E-state index in [4.69, 9.17) is 9.84 Å². The van der Waals surface area contributed by atoms with Gasteiger partial charge in [-0.1, -0.05) is 0 Å². The monoisotopic (exact) mass is 182 g/mol. The van der Waals surface area contributed by atoms with E-state index in [-0.39, 0.29) is 18.9 Å². The quantitative estimate of drug-likeness (QED) is 0.551. The number of nitro groups is 1. The van der Waals surface area contributed by atoms with Gasteiger partial charge in [0.15, 0.2) is 0 Å². The highest BCUT2D eigenvalue weighted by atomic mass is 16.6. The molecular weight excluding hydrogens is 174 g/mol. The number of aliphatic hydroxyl groups excluding tert-OH is 1. The zero-order valence-corrected chi connectivity index (χ0v) is 6.77. The van der Waals surface area contributed by atoms with Gasteiger partial charge in [-0.15, -0.1) is 0 Å². The summed E-state index contributed by atoms with van der Waals surface area (Å²) in [6.07, 6.45) is 0. The third kappa shape index (κ3) is 2.72. The Morgan fingerprint density at radius 1 is 1.62 bits per heavy atom. The number of non-ortho nitro benzene ring substituents is 1. The van der Waals surface area contributed by atoms with E-state index in [0.29, 0.717) is 5.75 Å². The van der Waals surface area contributed by atoms with Crippen LogP contribution in [0.5, 0.6) is 5.75 Å². The van der Waals surface area contributed by atoms with Gasteiger partial charge in [0.1, 0.15) is 12.4 Å². The van der Waals surface area contributed by atoms with E-state index >= 15 is 0 Å². The van der Waals surface area contributed by atoms with Gasteiger partial charge < -0.3 is 9.84 Å². The van der Waals surface area contributed by atoms with Crippen LogP contribution in [0.3, 0.4) is 0 Å². The van der Waals surface area contributed by atoms with E-state index in [1.807, 2.05) is 0 Å². The number of aliphatic hydroxyl groups is 1. The van der Waals surface area contributed by atoms with Crippen molar-refractivity contribution in [1.29, 1.82) is 0 Å². The highest BCUT2D eigenvalue weighted by Crippen LogP contribution is 2.16. The molecule has 5 nitrogen and oxygen atoms in total. The fourth-order valence-corrected chi connectivity index (χ4v) is 0.769. The van der Waals surface area contributed by atoms with Crippen LogP contribution in [0.2, 0.25) is 0 Å². The van der Waals surface area contributed by atoms with Crippen molar-refractivity contribution in [2.45, 2.75) is 0 Å². The second-order valence-electron chi connectivity index (χ2n) is 2.24. The molecule has 69 valence electrons. The minimum atomic E-state index is -0.532. The summed E-state index contributed by atoms with van der Waals surface area (Å²) in [6.45, 7) is 0.0860. The summed E-state index contributed by atoms with van der Waals surface area (Å²) >= 11 is 0. The third-order valence-electron chi connectivity index (χ3n) is 1.32. The Hall–Kier alpha value is -1.62. The summed E-state index contributed by atoms with van der Waals surface area (Å²) in [4.78, 5) is 9.69. The van der Waals surface area contributed by atoms with E-state index in [1.165, 1.54) is 18.2 Å². The van der Waals surface area contributed by atoms with Crippen LogP contribution >= 0.6 is 0 Å². The summed E-state index contributed by atoms with van der Waals surface area (Å²) < 4.78 is 4.99. The van der Waals surface area contributed by atoms with Crippen LogP contribution in [-0.4, -0.2) is 23.2 Å². The number of rotatable bonds is 4. The molecular formula is C8H8NO4. The van der Waals surface area contributed by atoms with Crippen molar-refractivity contribution in [1.82, 2.24) is 0 Å². The normalized spacial score (nSPS) is 9.62. The van der Waals surface area contributed by atoms with Crippen molar-refractivity contribution < 1.29 is 14.8 Å². The first-order valence-electron chi connectivity index (χ1n) is 3.64. The van der Waals surface area contributed by atoms with Gasteiger partial charge in [-0.05, 0) is 12.1 Å². The van der Waals surface area contributed by atoms with Gasteiger partial charge in [-0.3, -0.25) is 10.1 Å². The first-order valence-corrected chi connectivity index (χ1v) is 3.64. The lowest BCUT2D eigenvalue weighted by molar-refractivity contribution is -0.385. The topological polar surface area (TPSA) is 72.6 Å². The molecule has 1 N–H and O–H groups in total. The second kappa shape index (κ2) is 4.42. The van der Waals surface area contributed by atoms with Crippen molar-refractivity contribution in [3.63, 3.8) is 0 Å². The number of hydrogen-bond acceptors (Lipinski definition) is 4. The number of hydrogen-bond donors (Lipinski definition) is 1. The van der Waals surface area contributed by atoms with Crippen molar-refractivity contribution >= 4 is 5.69 Å². The average molecular weight is 182 g/mol. The van der Waals surface area contributed by atoms with E-state index in [0.717, 1.165) is 0 Å². The molecule has 1 aromatic rings. The average Bonchev–Trinajstić information content (AvgIpc) is 2.15. The van der Waals surface area contributed by atoms with E-state index in [1.54, 1.807) is 0 Å². The van der Waals surface area contributed by atoms with Gasteiger partial charge in [0, 0.05) is 6.07 Å². The maximum Gasteiger partial charge on any atom is 0.277 e. The summed E-state index contributed by atoms with van der Waals surface area (Å²) in [6, 6.07) is 6.57. The number of nitrogens with zero attached hydrogens (tertiary/aromatic N) is 1. The molecule has 1 rings (SSSR count). The maximum absolute atomic E-state index is 10.2. The van der Waals surface area contributed by atoms with Crippen LogP contribution < -0.4 is 4.74 Å². The molecule has 0 bridgehead atoms. The molecule has 0 aromatic heterocycles. The third-order valence-corrected chi connectivity index (χ3v) is 1.32. The standard InChI is InChI=1S/C8H8NO4/c10-5-6-13-8-3-1-7(2-4-8)9(11)12/h1,3-4,10H,5-6H2. The lowest BCUT2D eigenvalue weighted by atomic mass is 10.3. The lowest BCUT2D eigenvalue weighted by Gasteiger charge is -2.01. The zero-order valence-electron chi connectivity index (χ0n) is 6.77. The summed E-state index contributed by atoms with van der Waals surface area (Å²) in [5.74, 6) is 0.458. The molecule has 0 fully saturated rings. The highest BCUT2D eigenvalue weighted by Gasteiger charge is 2.04. The van der Waals surface area contributed by atoms with Crippen molar-refractivity contribution in [2.75, 3.05) is 13.2 Å². The molecule has 0 saturated heterocycles. The van der Waals surface area contributed by atoms with Crippen LogP contribution in [-0.2, 0) is 0 Å². The molecule has 13 heavy (non-hydrogen) atoms. The van der Waals surface area contributed by atoms with Crippen LogP contribution in [0.15, 0.2) is 18.2 Å². The predicted octanol–water partition coefficient (Wildman–Crippen LogP) is 0.766. The molecule has 0 unspecified atom stereocenters. The molecule has 5 heteroatoms. The lowest BCUT2D eigenvalue weighted by Crippen LogP contribution is -2.01. The van der Waals surface area contributed by atoms with Crippen LogP contribution in [0.4, 0.5) is 5.69 Å². The number of benzene rings is 1. The van der Waals surface area contributed by atoms with Crippen molar-refractivity contribution in [3.8, 4) is 5.75 Å². The summed E-state index contributed by atoms with van der Waals surface area (Å²) in [5.41, 5.74) is -0.101. The predicted molar refractivity (Wildman–Crippen MR) is 44.5 cm³/mol. The Morgan fingerprint density at radius 2 is 2.38 bits per heavy atom. The molecule has 0 saturated carbocycles. The molecule has 0 heterocycles. The Kier molecular flexibility index (Phi) is 3.22. The SMILES string of the molecule is O=[N+]([O-])c1[c]cc(OCCO)cc1. The Morgan fingerprint density at radius 3 is 2.85 bits per heavy atom. The Labute approximate surface area is 74.7 Å². The fourth-order valence-electron chi connectivity index (χ4n) is 0.769. The molecule has 0 aliphatic heterocycles. The summed E-state index contributed by atoms with van der Waals surface area (Å²) in [7, 11) is 0. The largest absolute Gasteiger partial charge is 0.491 e. The van der Waals surface area contributed by atoms with Gasteiger partial charge >= 0.3 is 0 Å². The van der Waals surface area contributed by atoms with Crippen LogP contribution in [0.25, 0.3) is 0 Å². The van der Waals surface area contributed by atoms with Gasteiger partial charge in [-0.25, -0.2) is 0 Å². The summed E-state index contributed by atoms with van der Waals surface area (Å²) in [5, 5.41) is 18.6. The molecule has 0 aliphatic rings. The van der Waals surface area contributed by atoms with Crippen molar-refractivity contribution in [3.05, 3.63) is 34.4 Å². The first-order chi connectivity index (χ1) is 6.24. The second-order valence-corrected chi connectivity index (χ2v) is 2.24. The first kappa shape index (κ1) is 9.47. The van der Waals surface area contributed by atoms with Crippen molar-refractivity contribution in [2.24, 2.45) is 0 Å². The smallest absolute Gasteiger partial charge is 0.277 e. The number of ether oxygens (including phenoxy) is 1. The van der Waals surface area contributed by atoms with Gasteiger partial charge in [-0.2, -0.15) is 0 Å². The molecule has 1 aromatic carbocycles. The van der Waals surface area contributed by atoms with Gasteiger partial charge in [0.2, 0.25) is 0 Å². The minimum absolute atomic E-state index is 0.0863. The maximum atomic E-state index is 10.2. The molecule has 0 amide bonds. The zero-order chi connectivity index (χ0) is 9.68. The number of nitro benzene ring substituents is 1. The highest BCUT2D eigenvalue weighted by molar-refractivity contribution is 5.34.